The van der Waals surface area contributed by atoms with E-state index < -0.39 is 5.91 Å². The van der Waals surface area contributed by atoms with Crippen molar-refractivity contribution in [3.05, 3.63) is 74.7 Å². The monoisotopic (exact) mass is 631 g/mol. The van der Waals surface area contributed by atoms with E-state index in [-0.39, 0.29) is 12.5 Å². The Morgan fingerprint density at radius 3 is 2.30 bits per heavy atom. The van der Waals surface area contributed by atoms with E-state index in [2.05, 4.69) is 31.8 Å². The zero-order valence-corrected chi connectivity index (χ0v) is 25.0. The van der Waals surface area contributed by atoms with Crippen LogP contribution in [0, 0.1) is 6.92 Å². The van der Waals surface area contributed by atoms with Crippen LogP contribution in [-0.4, -0.2) is 44.5 Å². The van der Waals surface area contributed by atoms with Crippen molar-refractivity contribution in [1.82, 2.24) is 5.43 Å². The molecule has 0 radical (unpaired) electrons. The Bertz CT molecular complexity index is 1380. The van der Waals surface area contributed by atoms with Gasteiger partial charge in [0.15, 0.2) is 29.6 Å². The number of ether oxygens (including phenoxy) is 4. The second kappa shape index (κ2) is 15.1. The summed E-state index contributed by atoms with van der Waals surface area (Å²) < 4.78 is 23.2. The average molecular weight is 633 g/mol. The molecule has 0 saturated heterocycles. The van der Waals surface area contributed by atoms with Crippen LogP contribution in [-0.2, 0) is 4.79 Å². The number of benzene rings is 3. The first kappa shape index (κ1) is 30.8. The number of hydrogen-bond donors (Lipinski definition) is 2. The summed E-state index contributed by atoms with van der Waals surface area (Å²) >= 11 is 9.60. The van der Waals surface area contributed by atoms with Gasteiger partial charge in [0.1, 0.15) is 0 Å². The lowest BCUT2D eigenvalue weighted by atomic mass is 10.2. The fraction of sp³-hybridized carbons (Fsp3) is 0.276. The van der Waals surface area contributed by atoms with Gasteiger partial charge in [0, 0.05) is 16.3 Å². The molecular formula is C29H31BrClN3O6. The minimum atomic E-state index is -0.412. The van der Waals surface area contributed by atoms with Crippen molar-refractivity contribution in [3.8, 4) is 23.0 Å². The molecule has 3 aromatic rings. The number of carbonyl (C=O) groups is 2. The van der Waals surface area contributed by atoms with Crippen LogP contribution in [0.3, 0.4) is 0 Å². The third-order valence-corrected chi connectivity index (χ3v) is 6.32. The Balaban J connectivity index is 1.67. The van der Waals surface area contributed by atoms with E-state index in [1.54, 1.807) is 42.5 Å². The maximum atomic E-state index is 12.6. The number of amides is 2. The molecule has 2 N–H and O–H groups in total. The Morgan fingerprint density at radius 2 is 1.60 bits per heavy atom. The van der Waals surface area contributed by atoms with Crippen LogP contribution in [0.1, 0.15) is 42.3 Å². The molecule has 9 nitrogen and oxygen atoms in total. The number of hydrogen-bond acceptors (Lipinski definition) is 7. The predicted molar refractivity (Wildman–Crippen MR) is 159 cm³/mol. The molecule has 0 aromatic heterocycles. The number of carbonyl (C=O) groups excluding carboxylic acids is 2. The molecule has 0 heterocycles. The minimum absolute atomic E-state index is 0.251. The van der Waals surface area contributed by atoms with E-state index in [0.29, 0.717) is 69.1 Å². The van der Waals surface area contributed by atoms with Crippen molar-refractivity contribution in [2.45, 2.75) is 27.7 Å². The van der Waals surface area contributed by atoms with Gasteiger partial charge in [-0.05, 0) is 97.2 Å². The second-order valence-electron chi connectivity index (χ2n) is 8.29. The molecule has 0 fully saturated rings. The van der Waals surface area contributed by atoms with Gasteiger partial charge in [0.05, 0.1) is 30.5 Å². The maximum absolute atomic E-state index is 12.6. The Kier molecular flexibility index (Phi) is 11.6. The van der Waals surface area contributed by atoms with Gasteiger partial charge in [-0.1, -0.05) is 17.7 Å². The summed E-state index contributed by atoms with van der Waals surface area (Å²) in [4.78, 5) is 25.1. The fourth-order valence-corrected chi connectivity index (χ4v) is 4.25. The SMILES string of the molecule is CCOc1ccc(C(=O)N/N=C/c2cc(Br)c(OCC(=O)Nc3ccc(C)c(Cl)c3)c(OCC)c2)cc1OCC. The fourth-order valence-electron chi connectivity index (χ4n) is 3.49. The Hall–Kier alpha value is -3.76. The van der Waals surface area contributed by atoms with Crippen molar-refractivity contribution in [1.29, 1.82) is 0 Å². The summed E-state index contributed by atoms with van der Waals surface area (Å²) in [5.41, 5.74) is 4.99. The first-order valence-corrected chi connectivity index (χ1v) is 13.8. The van der Waals surface area contributed by atoms with Crippen LogP contribution >= 0.6 is 27.5 Å². The van der Waals surface area contributed by atoms with Crippen molar-refractivity contribution in [2.24, 2.45) is 5.10 Å². The van der Waals surface area contributed by atoms with Crippen molar-refractivity contribution < 1.29 is 28.5 Å². The molecule has 212 valence electrons. The Labute approximate surface area is 246 Å². The molecule has 0 aliphatic carbocycles. The highest BCUT2D eigenvalue weighted by Crippen LogP contribution is 2.36. The van der Waals surface area contributed by atoms with Crippen molar-refractivity contribution >= 4 is 51.2 Å². The normalized spacial score (nSPS) is 10.8. The molecule has 40 heavy (non-hydrogen) atoms. The highest BCUT2D eigenvalue weighted by molar-refractivity contribution is 9.10. The van der Waals surface area contributed by atoms with Crippen LogP contribution in [0.25, 0.3) is 0 Å². The van der Waals surface area contributed by atoms with Crippen LogP contribution in [0.4, 0.5) is 5.69 Å². The molecule has 0 unspecified atom stereocenters. The molecule has 3 aromatic carbocycles. The molecule has 0 spiro atoms. The Morgan fingerprint density at radius 1 is 0.900 bits per heavy atom. The van der Waals surface area contributed by atoms with E-state index in [1.807, 2.05) is 33.8 Å². The van der Waals surface area contributed by atoms with Crippen molar-refractivity contribution in [3.63, 3.8) is 0 Å². The average Bonchev–Trinajstić information content (AvgIpc) is 2.91. The number of rotatable bonds is 13. The molecule has 0 aliphatic heterocycles. The summed E-state index contributed by atoms with van der Waals surface area (Å²) in [5, 5.41) is 7.38. The quantitative estimate of drug-likeness (QED) is 0.167. The molecule has 3 rings (SSSR count). The van der Waals surface area contributed by atoms with E-state index in [0.717, 1.165) is 5.56 Å². The lowest BCUT2D eigenvalue weighted by Gasteiger charge is -2.15. The first-order chi connectivity index (χ1) is 19.2. The summed E-state index contributed by atoms with van der Waals surface area (Å²) in [5.74, 6) is 1.05. The molecular weight excluding hydrogens is 602 g/mol. The number of anilines is 1. The van der Waals surface area contributed by atoms with Crippen LogP contribution in [0.15, 0.2) is 58.1 Å². The van der Waals surface area contributed by atoms with Gasteiger partial charge >= 0.3 is 0 Å². The molecule has 0 bridgehead atoms. The number of nitrogens with zero attached hydrogens (tertiary/aromatic N) is 1. The molecule has 2 amide bonds. The van der Waals surface area contributed by atoms with Gasteiger partial charge in [0.25, 0.3) is 11.8 Å². The lowest BCUT2D eigenvalue weighted by Crippen LogP contribution is -2.20. The van der Waals surface area contributed by atoms with Gasteiger partial charge in [-0.15, -0.1) is 0 Å². The predicted octanol–water partition coefficient (Wildman–Crippen LogP) is 6.39. The first-order valence-electron chi connectivity index (χ1n) is 12.6. The summed E-state index contributed by atoms with van der Waals surface area (Å²) in [7, 11) is 0. The topological polar surface area (TPSA) is 107 Å². The second-order valence-corrected chi connectivity index (χ2v) is 9.55. The molecule has 0 aliphatic rings. The van der Waals surface area contributed by atoms with E-state index >= 15 is 0 Å². The molecule has 0 atom stereocenters. The highest BCUT2D eigenvalue weighted by atomic mass is 79.9. The largest absolute Gasteiger partial charge is 0.490 e. The number of nitrogens with one attached hydrogen (secondary N) is 2. The van der Waals surface area contributed by atoms with Gasteiger partial charge in [-0.25, -0.2) is 5.43 Å². The molecule has 11 heteroatoms. The van der Waals surface area contributed by atoms with Gasteiger partial charge < -0.3 is 24.3 Å². The smallest absolute Gasteiger partial charge is 0.271 e. The van der Waals surface area contributed by atoms with Crippen LogP contribution in [0.2, 0.25) is 5.02 Å². The standard InChI is InChI=1S/C29H31BrClN3O6/c1-5-37-24-11-9-20(14-25(24)38-6-2)29(36)34-32-16-19-12-22(30)28(26(13-19)39-7-3)40-17-27(35)33-21-10-8-18(4)23(31)15-21/h8-16H,5-7,17H2,1-4H3,(H,33,35)(H,34,36)/b32-16+. The van der Waals surface area contributed by atoms with E-state index in [9.17, 15) is 9.59 Å². The zero-order valence-electron chi connectivity index (χ0n) is 22.7. The number of aryl methyl sites for hydroxylation is 1. The van der Waals surface area contributed by atoms with E-state index in [4.69, 9.17) is 30.5 Å². The lowest BCUT2D eigenvalue weighted by molar-refractivity contribution is -0.118. The zero-order chi connectivity index (χ0) is 29.1. The third kappa shape index (κ3) is 8.62. The highest BCUT2D eigenvalue weighted by Gasteiger charge is 2.15. The van der Waals surface area contributed by atoms with Gasteiger partial charge in [-0.2, -0.15) is 5.10 Å². The molecule has 0 saturated carbocycles. The van der Waals surface area contributed by atoms with Gasteiger partial charge in [-0.3, -0.25) is 9.59 Å². The number of halogens is 2. The summed E-state index contributed by atoms with van der Waals surface area (Å²) in [6.07, 6.45) is 1.47. The van der Waals surface area contributed by atoms with Crippen LogP contribution in [0.5, 0.6) is 23.0 Å². The van der Waals surface area contributed by atoms with Crippen LogP contribution < -0.4 is 29.7 Å². The minimum Gasteiger partial charge on any atom is -0.490 e. The summed E-state index contributed by atoms with van der Waals surface area (Å²) in [6, 6.07) is 13.6. The van der Waals surface area contributed by atoms with Gasteiger partial charge in [0.2, 0.25) is 0 Å². The number of hydrazone groups is 1. The summed E-state index contributed by atoms with van der Waals surface area (Å²) in [6.45, 7) is 8.48. The third-order valence-electron chi connectivity index (χ3n) is 5.32. The van der Waals surface area contributed by atoms with Crippen molar-refractivity contribution in [2.75, 3.05) is 31.7 Å². The maximum Gasteiger partial charge on any atom is 0.271 e. The van der Waals surface area contributed by atoms with E-state index in [1.165, 1.54) is 6.21 Å².